The molecule has 11 heteroatoms. The van der Waals surface area contributed by atoms with Gasteiger partial charge in [-0.05, 0) is 42.8 Å². The van der Waals surface area contributed by atoms with Gasteiger partial charge in [0.2, 0.25) is 11.7 Å². The van der Waals surface area contributed by atoms with Gasteiger partial charge in [0, 0.05) is 18.8 Å². The van der Waals surface area contributed by atoms with Crippen molar-refractivity contribution in [2.75, 3.05) is 28.4 Å². The van der Waals surface area contributed by atoms with E-state index in [1.54, 1.807) is 38.4 Å². The second-order valence-corrected chi connectivity index (χ2v) is 9.31. The molecule has 2 aromatic carbocycles. The number of amides is 1. The van der Waals surface area contributed by atoms with Crippen LogP contribution in [0.25, 0.3) is 10.6 Å². The number of aromatic nitrogens is 1. The SMILES string of the molecule is COc1cc(C2C(=O)N(C)C(N)=N[C@]2(C)c2cnc(-c3cc(F)cc(C#N)c3)s2)cc(OC)c1OC. The zero-order chi connectivity index (χ0) is 26.2. The molecule has 4 rings (SSSR count). The lowest BCUT2D eigenvalue weighted by Crippen LogP contribution is -2.52. The van der Waals surface area contributed by atoms with Crippen LogP contribution in [0.15, 0.2) is 41.5 Å². The number of nitriles is 1. The third-order valence-corrected chi connectivity index (χ3v) is 7.40. The maximum Gasteiger partial charge on any atom is 0.239 e. The van der Waals surface area contributed by atoms with Crippen molar-refractivity contribution in [3.63, 3.8) is 0 Å². The number of carbonyl (C=O) groups is 1. The van der Waals surface area contributed by atoms with Crippen molar-refractivity contribution in [1.29, 1.82) is 5.26 Å². The number of likely N-dealkylation sites (N-methyl/N-ethyl adjacent to an activating group) is 1. The second-order valence-electron chi connectivity index (χ2n) is 8.28. The smallest absolute Gasteiger partial charge is 0.239 e. The molecule has 0 radical (unpaired) electrons. The quantitative estimate of drug-likeness (QED) is 0.538. The Morgan fingerprint density at radius 2 is 1.81 bits per heavy atom. The Balaban J connectivity index is 1.90. The van der Waals surface area contributed by atoms with Crippen LogP contribution in [0.1, 0.15) is 28.8 Å². The number of nitrogens with two attached hydrogens (primary N) is 1. The Labute approximate surface area is 211 Å². The summed E-state index contributed by atoms with van der Waals surface area (Å²) < 4.78 is 30.5. The van der Waals surface area contributed by atoms with Crippen molar-refractivity contribution >= 4 is 23.2 Å². The first-order valence-corrected chi connectivity index (χ1v) is 11.6. The van der Waals surface area contributed by atoms with E-state index in [9.17, 15) is 14.4 Å². The molecule has 36 heavy (non-hydrogen) atoms. The van der Waals surface area contributed by atoms with Gasteiger partial charge < -0.3 is 19.9 Å². The third kappa shape index (κ3) is 4.09. The van der Waals surface area contributed by atoms with Crippen molar-refractivity contribution in [2.24, 2.45) is 10.7 Å². The monoisotopic (exact) mass is 509 g/mol. The Morgan fingerprint density at radius 3 is 2.39 bits per heavy atom. The number of ether oxygens (including phenoxy) is 3. The maximum absolute atomic E-state index is 14.1. The summed E-state index contributed by atoms with van der Waals surface area (Å²) in [4.78, 5) is 24.7. The zero-order valence-corrected chi connectivity index (χ0v) is 21.1. The summed E-state index contributed by atoms with van der Waals surface area (Å²) in [6.07, 6.45) is 1.59. The summed E-state index contributed by atoms with van der Waals surface area (Å²) in [7, 11) is 6.04. The number of hydrogen-bond acceptors (Lipinski definition) is 9. The molecule has 0 spiro atoms. The molecule has 2 N–H and O–H groups in total. The Morgan fingerprint density at radius 1 is 1.14 bits per heavy atom. The molecular formula is C25H24FN5O4S. The van der Waals surface area contributed by atoms with Crippen molar-refractivity contribution < 1.29 is 23.4 Å². The molecule has 1 aromatic heterocycles. The minimum absolute atomic E-state index is 0.0543. The molecule has 1 amide bonds. The highest BCUT2D eigenvalue weighted by molar-refractivity contribution is 7.15. The van der Waals surface area contributed by atoms with E-state index in [-0.39, 0.29) is 17.4 Å². The molecule has 2 heterocycles. The summed E-state index contributed by atoms with van der Waals surface area (Å²) in [5.74, 6) is -0.421. The van der Waals surface area contributed by atoms with Gasteiger partial charge in [0.1, 0.15) is 16.4 Å². The molecule has 1 unspecified atom stereocenters. The van der Waals surface area contributed by atoms with Gasteiger partial charge in [-0.2, -0.15) is 5.26 Å². The van der Waals surface area contributed by atoms with Crippen LogP contribution < -0.4 is 19.9 Å². The molecule has 2 atom stereocenters. The van der Waals surface area contributed by atoms with E-state index in [1.165, 1.54) is 43.6 Å². The van der Waals surface area contributed by atoms with Gasteiger partial charge in [-0.3, -0.25) is 9.69 Å². The standard InChI is InChI=1S/C25H24FN5O4S/c1-25(19-12-29-22(36-19)15-6-13(11-27)7-16(26)8-15)20(23(32)31(2)24(28)30-25)14-9-17(33-3)21(35-5)18(10-14)34-4/h6-10,12,20H,1-5H3,(H2,28,30)/t20?,25-/m1/s1. The zero-order valence-electron chi connectivity index (χ0n) is 20.3. The number of hydrogen-bond donors (Lipinski definition) is 1. The first-order valence-electron chi connectivity index (χ1n) is 10.8. The number of rotatable bonds is 6. The number of halogens is 1. The average molecular weight is 510 g/mol. The predicted octanol–water partition coefficient (Wildman–Crippen LogP) is 3.63. The van der Waals surface area contributed by atoms with E-state index in [0.717, 1.165) is 6.07 Å². The summed E-state index contributed by atoms with van der Waals surface area (Å²) in [5, 5.41) is 9.69. The third-order valence-electron chi connectivity index (χ3n) is 6.13. The number of methoxy groups -OCH3 is 3. The van der Waals surface area contributed by atoms with Crippen molar-refractivity contribution in [2.45, 2.75) is 18.4 Å². The predicted molar refractivity (Wildman–Crippen MR) is 133 cm³/mol. The van der Waals surface area contributed by atoms with Crippen molar-refractivity contribution in [3.05, 3.63) is 58.3 Å². The average Bonchev–Trinajstić information content (AvgIpc) is 3.37. The van der Waals surface area contributed by atoms with Crippen molar-refractivity contribution in [1.82, 2.24) is 9.88 Å². The molecule has 1 aliphatic heterocycles. The van der Waals surface area contributed by atoms with E-state index in [2.05, 4.69) is 4.98 Å². The van der Waals surface area contributed by atoms with Gasteiger partial charge in [0.05, 0.1) is 43.8 Å². The Kier molecular flexibility index (Phi) is 6.56. The van der Waals surface area contributed by atoms with Crippen LogP contribution in [0.5, 0.6) is 17.2 Å². The molecule has 3 aromatic rings. The number of nitrogens with zero attached hydrogens (tertiary/aromatic N) is 4. The minimum Gasteiger partial charge on any atom is -0.493 e. The van der Waals surface area contributed by atoms with Crippen LogP contribution in [0, 0.1) is 17.1 Å². The highest BCUT2D eigenvalue weighted by Gasteiger charge is 2.49. The van der Waals surface area contributed by atoms with Crippen LogP contribution in [-0.2, 0) is 10.3 Å². The van der Waals surface area contributed by atoms with Crippen molar-refractivity contribution in [3.8, 4) is 33.9 Å². The second kappa shape index (κ2) is 9.47. The molecule has 0 bridgehead atoms. The number of carbonyl (C=O) groups excluding carboxylic acids is 1. The van der Waals surface area contributed by atoms with Gasteiger partial charge in [0.15, 0.2) is 17.5 Å². The number of thiazole rings is 1. The molecule has 0 saturated heterocycles. The lowest BCUT2D eigenvalue weighted by Gasteiger charge is -2.40. The van der Waals surface area contributed by atoms with Gasteiger partial charge >= 0.3 is 0 Å². The lowest BCUT2D eigenvalue weighted by atomic mass is 9.77. The molecule has 186 valence electrons. The molecule has 9 nitrogen and oxygen atoms in total. The van der Waals surface area contributed by atoms with Gasteiger partial charge in [0.25, 0.3) is 0 Å². The van der Waals surface area contributed by atoms with Crippen LogP contribution >= 0.6 is 11.3 Å². The van der Waals surface area contributed by atoms with E-state index < -0.39 is 17.3 Å². The maximum atomic E-state index is 14.1. The summed E-state index contributed by atoms with van der Waals surface area (Å²) in [6.45, 7) is 1.79. The summed E-state index contributed by atoms with van der Waals surface area (Å²) in [5.41, 5.74) is 6.19. The number of aliphatic imine (C=N–C) groups is 1. The normalized spacial score (nSPS) is 19.5. The lowest BCUT2D eigenvalue weighted by molar-refractivity contribution is -0.130. The van der Waals surface area contributed by atoms with Crippen LogP contribution in [0.4, 0.5) is 4.39 Å². The fraction of sp³-hybridized carbons (Fsp3) is 0.280. The van der Waals surface area contributed by atoms with Crippen LogP contribution in [-0.4, -0.2) is 50.1 Å². The fourth-order valence-corrected chi connectivity index (χ4v) is 5.30. The van der Waals surface area contributed by atoms with E-state index in [4.69, 9.17) is 24.9 Å². The number of benzene rings is 2. The molecule has 0 aliphatic carbocycles. The first-order chi connectivity index (χ1) is 17.2. The molecule has 0 fully saturated rings. The Hall–Kier alpha value is -4.17. The van der Waals surface area contributed by atoms with E-state index in [0.29, 0.717) is 38.3 Å². The molecule has 0 saturated carbocycles. The number of guanidine groups is 1. The van der Waals surface area contributed by atoms with E-state index in [1.807, 2.05) is 6.07 Å². The summed E-state index contributed by atoms with van der Waals surface area (Å²) in [6, 6.07) is 9.38. The van der Waals surface area contributed by atoms with Gasteiger partial charge in [-0.15, -0.1) is 11.3 Å². The highest BCUT2D eigenvalue weighted by atomic mass is 32.1. The fourth-order valence-electron chi connectivity index (χ4n) is 4.28. The highest BCUT2D eigenvalue weighted by Crippen LogP contribution is 2.49. The Bertz CT molecular complexity index is 1390. The summed E-state index contributed by atoms with van der Waals surface area (Å²) >= 11 is 1.24. The van der Waals surface area contributed by atoms with Crippen LogP contribution in [0.2, 0.25) is 0 Å². The minimum atomic E-state index is -1.15. The molecular weight excluding hydrogens is 485 g/mol. The van der Waals surface area contributed by atoms with E-state index >= 15 is 0 Å². The van der Waals surface area contributed by atoms with Crippen LogP contribution in [0.3, 0.4) is 0 Å². The van der Waals surface area contributed by atoms with Gasteiger partial charge in [-0.25, -0.2) is 14.4 Å². The topological polar surface area (TPSA) is 123 Å². The molecule has 1 aliphatic rings. The first kappa shape index (κ1) is 24.9. The van der Waals surface area contributed by atoms with Gasteiger partial charge in [-0.1, -0.05) is 0 Å². The largest absolute Gasteiger partial charge is 0.493 e.